The second-order valence-corrected chi connectivity index (χ2v) is 6.94. The van der Waals surface area contributed by atoms with Gasteiger partial charge in [-0.25, -0.2) is 0 Å². The number of benzene rings is 2. The van der Waals surface area contributed by atoms with Crippen molar-refractivity contribution in [3.63, 3.8) is 0 Å². The minimum absolute atomic E-state index is 0.00754. The third-order valence-corrected chi connectivity index (χ3v) is 4.79. The fourth-order valence-corrected chi connectivity index (χ4v) is 3.17. The standard InChI is InChI=1S/C20H22N4O5/c21-14-7-12-5-10(1-3-16(12)25)11-2-4-17(26)13(6-11)8-15(19(22)28)24-18(27)9-23-20(14)29/h1-6,14-15,25-26H,7-9,21H2,(H2,22,28)(H,23,29)(H,24,27)/t14-,15-/m0/s1. The number of primary amides is 1. The van der Waals surface area contributed by atoms with E-state index in [9.17, 15) is 24.6 Å². The first-order chi connectivity index (χ1) is 13.7. The Labute approximate surface area is 166 Å². The zero-order valence-electron chi connectivity index (χ0n) is 15.5. The first-order valence-electron chi connectivity index (χ1n) is 9.00. The van der Waals surface area contributed by atoms with E-state index in [0.717, 1.165) is 5.56 Å². The summed E-state index contributed by atoms with van der Waals surface area (Å²) in [6.45, 7) is -0.394. The van der Waals surface area contributed by atoms with E-state index in [2.05, 4.69) is 10.6 Å². The molecule has 9 nitrogen and oxygen atoms in total. The maximum absolute atomic E-state index is 12.2. The molecule has 1 heterocycles. The molecule has 0 aliphatic carbocycles. The van der Waals surface area contributed by atoms with Crippen LogP contribution in [-0.4, -0.2) is 46.6 Å². The van der Waals surface area contributed by atoms with Gasteiger partial charge in [0.1, 0.15) is 17.5 Å². The van der Waals surface area contributed by atoms with Crippen molar-refractivity contribution in [3.05, 3.63) is 47.5 Å². The zero-order valence-corrected chi connectivity index (χ0v) is 15.5. The summed E-state index contributed by atoms with van der Waals surface area (Å²) >= 11 is 0. The van der Waals surface area contributed by atoms with Gasteiger partial charge in [-0.2, -0.15) is 0 Å². The summed E-state index contributed by atoms with van der Waals surface area (Å²) in [7, 11) is 0. The predicted molar refractivity (Wildman–Crippen MR) is 105 cm³/mol. The molecule has 2 aromatic carbocycles. The number of nitrogens with two attached hydrogens (primary N) is 2. The van der Waals surface area contributed by atoms with Crippen molar-refractivity contribution >= 4 is 17.7 Å². The van der Waals surface area contributed by atoms with E-state index in [1.54, 1.807) is 24.3 Å². The Kier molecular flexibility index (Phi) is 5.69. The van der Waals surface area contributed by atoms with E-state index < -0.39 is 36.3 Å². The molecule has 0 saturated carbocycles. The van der Waals surface area contributed by atoms with Gasteiger partial charge in [0.25, 0.3) is 0 Å². The first kappa shape index (κ1) is 20.2. The average Bonchev–Trinajstić information content (AvgIpc) is 2.68. The molecule has 8 N–H and O–H groups in total. The van der Waals surface area contributed by atoms with Crippen LogP contribution in [0.5, 0.6) is 11.5 Å². The van der Waals surface area contributed by atoms with E-state index >= 15 is 0 Å². The lowest BCUT2D eigenvalue weighted by Gasteiger charge is -2.17. The van der Waals surface area contributed by atoms with Crippen molar-refractivity contribution in [1.29, 1.82) is 0 Å². The third-order valence-electron chi connectivity index (χ3n) is 4.79. The lowest BCUT2D eigenvalue weighted by molar-refractivity contribution is -0.129. The van der Waals surface area contributed by atoms with Crippen LogP contribution in [0.25, 0.3) is 11.1 Å². The molecule has 0 aromatic heterocycles. The number of aromatic hydroxyl groups is 2. The Balaban J connectivity index is 2.08. The van der Waals surface area contributed by atoms with Crippen LogP contribution in [0, 0.1) is 0 Å². The molecule has 3 rings (SSSR count). The van der Waals surface area contributed by atoms with Crippen molar-refractivity contribution in [2.24, 2.45) is 11.5 Å². The van der Waals surface area contributed by atoms with E-state index in [-0.39, 0.29) is 24.3 Å². The normalized spacial score (nSPS) is 20.0. The molecule has 0 radical (unpaired) electrons. The van der Waals surface area contributed by atoms with Crippen molar-refractivity contribution < 1.29 is 24.6 Å². The first-order valence-corrected chi connectivity index (χ1v) is 9.00. The smallest absolute Gasteiger partial charge is 0.240 e. The van der Waals surface area contributed by atoms with Crippen LogP contribution < -0.4 is 22.1 Å². The highest BCUT2D eigenvalue weighted by Crippen LogP contribution is 2.30. The number of hydrogen-bond donors (Lipinski definition) is 6. The van der Waals surface area contributed by atoms with Gasteiger partial charge in [-0.3, -0.25) is 14.4 Å². The summed E-state index contributed by atoms with van der Waals surface area (Å²) in [5, 5.41) is 25.2. The maximum Gasteiger partial charge on any atom is 0.240 e. The molecular formula is C20H22N4O5. The number of rotatable bonds is 1. The van der Waals surface area contributed by atoms with Gasteiger partial charge in [-0.05, 0) is 46.5 Å². The van der Waals surface area contributed by atoms with Crippen molar-refractivity contribution in [3.8, 4) is 22.6 Å². The summed E-state index contributed by atoms with van der Waals surface area (Å²) in [5.74, 6) is -2.03. The van der Waals surface area contributed by atoms with Crippen LogP contribution in [0.15, 0.2) is 36.4 Å². The number of nitrogens with one attached hydrogen (secondary N) is 2. The van der Waals surface area contributed by atoms with Gasteiger partial charge in [0.05, 0.1) is 12.6 Å². The van der Waals surface area contributed by atoms with E-state index in [4.69, 9.17) is 11.5 Å². The molecule has 1 aliphatic rings. The second-order valence-electron chi connectivity index (χ2n) is 6.94. The topological polar surface area (TPSA) is 168 Å². The van der Waals surface area contributed by atoms with Crippen molar-refractivity contribution in [2.45, 2.75) is 24.9 Å². The van der Waals surface area contributed by atoms with Gasteiger partial charge in [-0.15, -0.1) is 0 Å². The Morgan fingerprint density at radius 3 is 2.07 bits per heavy atom. The minimum atomic E-state index is -1.07. The number of phenolic OH excluding ortho intramolecular Hbond substituents is 2. The second kappa shape index (κ2) is 8.19. The third kappa shape index (κ3) is 4.64. The summed E-state index contributed by atoms with van der Waals surface area (Å²) in [6, 6.07) is 7.66. The molecule has 9 heteroatoms. The number of phenols is 2. The van der Waals surface area contributed by atoms with Crippen LogP contribution in [-0.2, 0) is 27.2 Å². The molecular weight excluding hydrogens is 376 g/mol. The molecule has 0 unspecified atom stereocenters. The number of amides is 3. The monoisotopic (exact) mass is 398 g/mol. The molecule has 0 saturated heterocycles. The minimum Gasteiger partial charge on any atom is -0.508 e. The highest BCUT2D eigenvalue weighted by Gasteiger charge is 2.23. The van der Waals surface area contributed by atoms with Crippen LogP contribution in [0.4, 0.5) is 0 Å². The molecule has 0 fully saturated rings. The SMILES string of the molecule is NC(=O)[C@@H]1Cc2cc(ccc2O)-c2ccc(O)c(c2)C[C@H](N)C(=O)NCC(=O)N1. The fourth-order valence-electron chi connectivity index (χ4n) is 3.17. The molecule has 29 heavy (non-hydrogen) atoms. The van der Waals surface area contributed by atoms with Crippen molar-refractivity contribution in [1.82, 2.24) is 10.6 Å². The van der Waals surface area contributed by atoms with E-state index in [1.807, 2.05) is 0 Å². The molecule has 152 valence electrons. The number of carbonyl (C=O) groups excluding carboxylic acids is 3. The molecule has 2 aromatic rings. The predicted octanol–water partition coefficient (Wildman–Crippen LogP) is -0.723. The van der Waals surface area contributed by atoms with Gasteiger partial charge < -0.3 is 32.3 Å². The average molecular weight is 398 g/mol. The molecule has 1 aliphatic heterocycles. The van der Waals surface area contributed by atoms with Crippen LogP contribution in [0.3, 0.4) is 0 Å². The summed E-state index contributed by atoms with van der Waals surface area (Å²) in [4.78, 5) is 36.1. The Bertz CT molecular complexity index is 975. The van der Waals surface area contributed by atoms with Crippen molar-refractivity contribution in [2.75, 3.05) is 6.54 Å². The van der Waals surface area contributed by atoms with Crippen LogP contribution >= 0.6 is 0 Å². The highest BCUT2D eigenvalue weighted by atomic mass is 16.3. The molecule has 3 amide bonds. The van der Waals surface area contributed by atoms with E-state index in [0.29, 0.717) is 16.7 Å². The zero-order chi connectivity index (χ0) is 21.1. The van der Waals surface area contributed by atoms with Crippen LogP contribution in [0.2, 0.25) is 0 Å². The number of fused-ring (bicyclic) bond motifs is 5. The summed E-state index contributed by atoms with van der Waals surface area (Å²) < 4.78 is 0. The fraction of sp³-hybridized carbons (Fsp3) is 0.250. The highest BCUT2D eigenvalue weighted by molar-refractivity contribution is 5.91. The van der Waals surface area contributed by atoms with Gasteiger partial charge in [0.15, 0.2) is 0 Å². The lowest BCUT2D eigenvalue weighted by Crippen LogP contribution is -2.51. The molecule has 0 spiro atoms. The number of hydrogen-bond acceptors (Lipinski definition) is 6. The largest absolute Gasteiger partial charge is 0.508 e. The maximum atomic E-state index is 12.2. The molecule has 2 atom stereocenters. The van der Waals surface area contributed by atoms with E-state index in [1.165, 1.54) is 12.1 Å². The van der Waals surface area contributed by atoms with Crippen LogP contribution in [0.1, 0.15) is 11.1 Å². The Hall–Kier alpha value is -3.59. The number of carbonyl (C=O) groups is 3. The quantitative estimate of drug-likeness (QED) is 0.370. The van der Waals surface area contributed by atoms with Gasteiger partial charge in [-0.1, -0.05) is 12.1 Å². The summed E-state index contributed by atoms with van der Waals surface area (Å²) in [5.41, 5.74) is 13.6. The molecule has 4 bridgehead atoms. The van der Waals surface area contributed by atoms with Gasteiger partial charge in [0, 0.05) is 12.8 Å². The van der Waals surface area contributed by atoms with Gasteiger partial charge in [0.2, 0.25) is 17.7 Å². The Morgan fingerprint density at radius 2 is 1.52 bits per heavy atom. The lowest BCUT2D eigenvalue weighted by atomic mass is 9.95. The Morgan fingerprint density at radius 1 is 0.966 bits per heavy atom. The summed E-state index contributed by atoms with van der Waals surface area (Å²) in [6.07, 6.45) is 0.0289. The van der Waals surface area contributed by atoms with Gasteiger partial charge >= 0.3 is 0 Å².